The number of methoxy groups -OCH3 is 1. The van der Waals surface area contributed by atoms with Crippen molar-refractivity contribution in [2.45, 2.75) is 59.2 Å². The van der Waals surface area contributed by atoms with Crippen molar-refractivity contribution in [2.24, 2.45) is 11.3 Å². The second-order valence-electron chi connectivity index (χ2n) is 10.9. The molecule has 224 valence electrons. The number of hydrogen-bond acceptors (Lipinski definition) is 5. The summed E-state index contributed by atoms with van der Waals surface area (Å²) < 4.78 is 62.1. The fraction of sp³-hybridized carbons (Fsp3) is 0.387. The summed E-state index contributed by atoms with van der Waals surface area (Å²) in [5.74, 6) is -0.0776. The second kappa shape index (κ2) is 11.9. The molecule has 0 radical (unpaired) electrons. The minimum Gasteiger partial charge on any atom is -0.500 e. The molecule has 0 aliphatic heterocycles. The lowest BCUT2D eigenvalue weighted by Gasteiger charge is -2.21. The molecule has 1 aliphatic carbocycles. The van der Waals surface area contributed by atoms with E-state index in [0.29, 0.717) is 22.9 Å². The second-order valence-corrected chi connectivity index (χ2v) is 10.9. The Kier molecular flexibility index (Phi) is 8.70. The molecule has 0 unspecified atom stereocenters. The van der Waals surface area contributed by atoms with Crippen LogP contribution in [0.25, 0.3) is 11.1 Å². The van der Waals surface area contributed by atoms with Gasteiger partial charge in [0.2, 0.25) is 0 Å². The average molecular weight is 577 g/mol. The summed E-state index contributed by atoms with van der Waals surface area (Å²) in [6, 6.07) is 8.18. The number of halogens is 4. The van der Waals surface area contributed by atoms with E-state index >= 15 is 0 Å². The van der Waals surface area contributed by atoms with Crippen LogP contribution in [0.5, 0.6) is 0 Å². The number of anilines is 2. The monoisotopic (exact) mass is 576 g/mol. The standard InChI is InChI=1S/C31H34F4N4O2.3H2/c1-19(2)18-39-21(4)27(17-37-39)38-29-9-8-24(16-36-29)22-6-7-23(26(32)15-22)14-25(40)12-20(3)13-28(41-5)30(10-11-30)31(33,34)35;;;/h6-9,13,15-17,19H,3,10-12,14,18H2,1-2,4-5H3,(H,36,38);3*1H/b28-13-;;;. The molecule has 3 aromatic rings. The van der Waals surface area contributed by atoms with Crippen molar-refractivity contribution in [2.75, 3.05) is 12.4 Å². The van der Waals surface area contributed by atoms with Gasteiger partial charge in [0.1, 0.15) is 28.6 Å². The number of carbonyl (C=O) groups is 1. The fourth-order valence-electron chi connectivity index (χ4n) is 4.70. The van der Waals surface area contributed by atoms with Crippen LogP contribution in [0.15, 0.2) is 66.7 Å². The van der Waals surface area contributed by atoms with Gasteiger partial charge in [-0.25, -0.2) is 9.37 Å². The van der Waals surface area contributed by atoms with Gasteiger partial charge >= 0.3 is 6.18 Å². The molecule has 1 aromatic carbocycles. The molecule has 10 heteroatoms. The van der Waals surface area contributed by atoms with E-state index in [1.54, 1.807) is 24.5 Å². The number of nitrogens with one attached hydrogen (secondary N) is 1. The lowest BCUT2D eigenvalue weighted by atomic mass is 9.97. The number of carbonyl (C=O) groups excluding carboxylic acids is 1. The smallest absolute Gasteiger partial charge is 0.401 e. The minimum atomic E-state index is -4.44. The van der Waals surface area contributed by atoms with Crippen molar-refractivity contribution >= 4 is 17.3 Å². The van der Waals surface area contributed by atoms with Gasteiger partial charge in [-0.05, 0) is 66.7 Å². The summed E-state index contributed by atoms with van der Waals surface area (Å²) in [5, 5.41) is 7.67. The van der Waals surface area contributed by atoms with E-state index in [4.69, 9.17) is 4.74 Å². The Morgan fingerprint density at radius 3 is 2.49 bits per heavy atom. The van der Waals surface area contributed by atoms with Gasteiger partial charge in [0.05, 0.1) is 24.7 Å². The largest absolute Gasteiger partial charge is 0.500 e. The molecule has 41 heavy (non-hydrogen) atoms. The summed E-state index contributed by atoms with van der Waals surface area (Å²) in [7, 11) is 1.17. The Balaban J connectivity index is 0.00000323. The van der Waals surface area contributed by atoms with Crippen LogP contribution in [0.3, 0.4) is 0 Å². The molecule has 0 atom stereocenters. The first-order chi connectivity index (χ1) is 19.3. The van der Waals surface area contributed by atoms with Crippen molar-refractivity contribution in [3.63, 3.8) is 0 Å². The number of ether oxygens (including phenoxy) is 1. The number of hydrogen-bond donors (Lipinski definition) is 1. The zero-order valence-electron chi connectivity index (χ0n) is 23.6. The minimum absolute atomic E-state index is 0. The van der Waals surface area contributed by atoms with Crippen molar-refractivity contribution in [3.8, 4) is 11.1 Å². The predicted octanol–water partition coefficient (Wildman–Crippen LogP) is 8.46. The molecule has 1 saturated carbocycles. The van der Waals surface area contributed by atoms with Gasteiger partial charge in [-0.3, -0.25) is 9.48 Å². The maximum absolute atomic E-state index is 14.9. The van der Waals surface area contributed by atoms with Gasteiger partial charge in [-0.1, -0.05) is 32.6 Å². The van der Waals surface area contributed by atoms with E-state index in [2.05, 4.69) is 35.8 Å². The number of rotatable bonds is 12. The fourth-order valence-corrected chi connectivity index (χ4v) is 4.70. The molecule has 0 saturated heterocycles. The van der Waals surface area contributed by atoms with E-state index in [-0.39, 0.29) is 52.6 Å². The number of alkyl halides is 3. The lowest BCUT2D eigenvalue weighted by molar-refractivity contribution is -0.184. The van der Waals surface area contributed by atoms with Crippen molar-refractivity contribution in [1.82, 2.24) is 14.8 Å². The first-order valence-corrected chi connectivity index (χ1v) is 13.4. The van der Waals surface area contributed by atoms with Gasteiger partial charge in [0, 0.05) is 35.4 Å². The van der Waals surface area contributed by atoms with E-state index < -0.39 is 17.4 Å². The Morgan fingerprint density at radius 2 is 1.93 bits per heavy atom. The Morgan fingerprint density at radius 1 is 1.22 bits per heavy atom. The Labute approximate surface area is 241 Å². The topological polar surface area (TPSA) is 69.0 Å². The van der Waals surface area contributed by atoms with Crippen molar-refractivity contribution < 1.29 is 31.4 Å². The third kappa shape index (κ3) is 6.86. The zero-order valence-corrected chi connectivity index (χ0v) is 23.6. The van der Waals surface area contributed by atoms with E-state index in [1.165, 1.54) is 25.3 Å². The highest BCUT2D eigenvalue weighted by atomic mass is 19.4. The quantitative estimate of drug-likeness (QED) is 0.133. The number of Topliss-reactive ketones (excluding diaryl/α,β-unsaturated/α-hetero) is 1. The zero-order chi connectivity index (χ0) is 29.9. The molecular weight excluding hydrogens is 536 g/mol. The molecule has 1 fully saturated rings. The maximum atomic E-state index is 14.9. The van der Waals surface area contributed by atoms with Crippen LogP contribution in [0.2, 0.25) is 0 Å². The first-order valence-electron chi connectivity index (χ1n) is 13.4. The third-order valence-corrected chi connectivity index (χ3v) is 7.19. The van der Waals surface area contributed by atoms with Crippen LogP contribution >= 0.6 is 0 Å². The number of aromatic nitrogens is 3. The molecule has 6 nitrogen and oxygen atoms in total. The first kappa shape index (κ1) is 30.0. The van der Waals surface area contributed by atoms with Crippen LogP contribution in [0.1, 0.15) is 48.6 Å². The van der Waals surface area contributed by atoms with Gasteiger partial charge in [0.15, 0.2) is 0 Å². The molecule has 0 spiro atoms. The molecule has 1 N–H and O–H groups in total. The molecular formula is C31H40F4N4O2. The highest BCUT2D eigenvalue weighted by Gasteiger charge is 2.66. The van der Waals surface area contributed by atoms with Crippen LogP contribution < -0.4 is 5.32 Å². The van der Waals surface area contributed by atoms with Crippen LogP contribution in [-0.4, -0.2) is 33.8 Å². The molecule has 2 aromatic heterocycles. The van der Waals surface area contributed by atoms with Gasteiger partial charge in [0.25, 0.3) is 0 Å². The molecule has 2 heterocycles. The van der Waals surface area contributed by atoms with Crippen molar-refractivity contribution in [3.05, 3.63) is 83.8 Å². The highest BCUT2D eigenvalue weighted by Crippen LogP contribution is 2.62. The number of benzene rings is 1. The molecule has 0 bridgehead atoms. The number of nitrogens with zero attached hydrogens (tertiary/aromatic N) is 3. The van der Waals surface area contributed by atoms with Crippen LogP contribution in [0.4, 0.5) is 29.1 Å². The van der Waals surface area contributed by atoms with Gasteiger partial charge in [-0.2, -0.15) is 18.3 Å². The van der Waals surface area contributed by atoms with E-state index in [9.17, 15) is 22.4 Å². The summed E-state index contributed by atoms with van der Waals surface area (Å²) in [6.07, 6.45) is -0.410. The molecule has 4 rings (SSSR count). The highest BCUT2D eigenvalue weighted by molar-refractivity contribution is 5.83. The van der Waals surface area contributed by atoms with Crippen LogP contribution in [-0.2, 0) is 22.5 Å². The van der Waals surface area contributed by atoms with Crippen molar-refractivity contribution in [1.29, 1.82) is 0 Å². The van der Waals surface area contributed by atoms with Crippen LogP contribution in [0, 0.1) is 24.1 Å². The van der Waals surface area contributed by atoms with E-state index in [1.807, 2.05) is 17.7 Å². The number of ketones is 1. The Hall–Kier alpha value is -3.95. The maximum Gasteiger partial charge on any atom is 0.401 e. The summed E-state index contributed by atoms with van der Waals surface area (Å²) >= 11 is 0. The summed E-state index contributed by atoms with van der Waals surface area (Å²) in [4.78, 5) is 17.0. The van der Waals surface area contributed by atoms with E-state index in [0.717, 1.165) is 17.9 Å². The summed E-state index contributed by atoms with van der Waals surface area (Å²) in [5.41, 5.74) is 1.52. The predicted molar refractivity (Wildman–Crippen MR) is 156 cm³/mol. The molecule has 0 amide bonds. The number of allylic oxidation sites excluding steroid dienone is 3. The molecule has 1 aliphatic rings. The van der Waals surface area contributed by atoms with Gasteiger partial charge in [-0.15, -0.1) is 0 Å². The number of pyridine rings is 1. The normalized spacial score (nSPS) is 14.7. The Bertz CT molecular complexity index is 1470. The average Bonchev–Trinajstić information content (AvgIpc) is 3.66. The lowest BCUT2D eigenvalue weighted by Crippen LogP contribution is -2.27. The third-order valence-electron chi connectivity index (χ3n) is 7.19. The SMILES string of the molecule is C=C(/C=C(\OC)C1(C(F)(F)F)CC1)CC(=O)Cc1ccc(-c2ccc(Nc3cnn(CC(C)C)c3C)nc2)cc1F.[HH].[HH].[HH]. The van der Waals surface area contributed by atoms with Gasteiger partial charge < -0.3 is 10.1 Å². The summed E-state index contributed by atoms with van der Waals surface area (Å²) in [6.45, 7) is 10.8.